The summed E-state index contributed by atoms with van der Waals surface area (Å²) in [5.41, 5.74) is 2.01. The summed E-state index contributed by atoms with van der Waals surface area (Å²) in [5.74, 6) is -0.332. The van der Waals surface area contributed by atoms with Crippen molar-refractivity contribution in [3.8, 4) is 0 Å². The van der Waals surface area contributed by atoms with Gasteiger partial charge in [-0.15, -0.1) is 0 Å². The first kappa shape index (κ1) is 12.6. The molecule has 1 aromatic carbocycles. The van der Waals surface area contributed by atoms with E-state index in [1.165, 1.54) is 0 Å². The maximum Gasteiger partial charge on any atom is 0.334 e. The minimum atomic E-state index is -0.519. The van der Waals surface area contributed by atoms with Gasteiger partial charge in [-0.25, -0.2) is 4.79 Å². The van der Waals surface area contributed by atoms with Crippen molar-refractivity contribution in [3.63, 3.8) is 0 Å². The van der Waals surface area contributed by atoms with E-state index in [9.17, 15) is 4.79 Å². The van der Waals surface area contributed by atoms with Crippen molar-refractivity contribution >= 4 is 17.7 Å². The molecule has 18 heavy (non-hydrogen) atoms. The Bertz CT molecular complexity index is 456. The van der Waals surface area contributed by atoms with Gasteiger partial charge in [-0.2, -0.15) is 0 Å². The Morgan fingerprint density at radius 3 is 3.00 bits per heavy atom. The van der Waals surface area contributed by atoms with Crippen molar-refractivity contribution in [3.05, 3.63) is 35.9 Å². The second kappa shape index (κ2) is 5.69. The van der Waals surface area contributed by atoms with Crippen molar-refractivity contribution in [2.45, 2.75) is 26.2 Å². The molecular formula is C14H17NO3. The second-order valence-corrected chi connectivity index (χ2v) is 4.03. The number of rotatable bonds is 4. The molecule has 1 aliphatic heterocycles. The van der Waals surface area contributed by atoms with Crippen LogP contribution < -0.4 is 5.32 Å². The number of benzene rings is 1. The van der Waals surface area contributed by atoms with E-state index in [0.717, 1.165) is 11.3 Å². The molecule has 0 spiro atoms. The molecule has 2 rings (SSSR count). The fourth-order valence-electron chi connectivity index (χ4n) is 1.83. The van der Waals surface area contributed by atoms with Crippen LogP contribution in [0.3, 0.4) is 0 Å². The Kier molecular flexibility index (Phi) is 3.99. The highest BCUT2D eigenvalue weighted by atomic mass is 16.7. The van der Waals surface area contributed by atoms with Gasteiger partial charge >= 0.3 is 5.97 Å². The highest BCUT2D eigenvalue weighted by Gasteiger charge is 2.22. The molecule has 2 unspecified atom stereocenters. The number of carbonyl (C=O) groups is 1. The smallest absolute Gasteiger partial charge is 0.334 e. The first-order valence-corrected chi connectivity index (χ1v) is 6.06. The summed E-state index contributed by atoms with van der Waals surface area (Å²) in [7, 11) is 0. The minimum absolute atomic E-state index is 0.332. The molecule has 0 saturated heterocycles. The predicted octanol–water partition coefficient (Wildman–Crippen LogP) is 2.42. The molecule has 1 aromatic rings. The van der Waals surface area contributed by atoms with E-state index in [1.54, 1.807) is 13.0 Å². The van der Waals surface area contributed by atoms with Gasteiger partial charge in [-0.3, -0.25) is 0 Å². The summed E-state index contributed by atoms with van der Waals surface area (Å²) in [6.45, 7) is 4.09. The molecule has 1 heterocycles. The zero-order chi connectivity index (χ0) is 13.0. The average molecular weight is 247 g/mol. The quantitative estimate of drug-likeness (QED) is 0.655. The number of ether oxygens (including phenoxy) is 2. The van der Waals surface area contributed by atoms with E-state index in [1.807, 2.05) is 37.3 Å². The Labute approximate surface area is 107 Å². The summed E-state index contributed by atoms with van der Waals surface area (Å²) in [6, 6.07) is 7.35. The summed E-state index contributed by atoms with van der Waals surface area (Å²) in [4.78, 5) is 11.9. The highest BCUT2D eigenvalue weighted by molar-refractivity contribution is 5.87. The van der Waals surface area contributed by atoms with Crippen LogP contribution in [-0.2, 0) is 14.3 Å². The number of fused-ring (bicyclic) bond motifs is 1. The van der Waals surface area contributed by atoms with Crippen molar-refractivity contribution < 1.29 is 14.3 Å². The molecule has 1 N–H and O–H groups in total. The van der Waals surface area contributed by atoms with Crippen LogP contribution in [0, 0.1) is 0 Å². The molecule has 0 radical (unpaired) electrons. The topological polar surface area (TPSA) is 47.6 Å². The van der Waals surface area contributed by atoms with E-state index in [-0.39, 0.29) is 5.97 Å². The number of nitrogens with one attached hydrogen (secondary N) is 1. The molecule has 0 aromatic heterocycles. The van der Waals surface area contributed by atoms with Gasteiger partial charge in [0.15, 0.2) is 6.29 Å². The molecule has 96 valence electrons. The van der Waals surface area contributed by atoms with Crippen molar-refractivity contribution in [1.82, 2.24) is 0 Å². The molecule has 0 saturated carbocycles. The predicted molar refractivity (Wildman–Crippen MR) is 70.1 cm³/mol. The summed E-state index contributed by atoms with van der Waals surface area (Å²) in [6.07, 6.45) is 3.20. The SMILES string of the molecule is CCOC(C)OC(=O)C1C=Cc2ccccc2N1. The molecule has 4 nitrogen and oxygen atoms in total. The molecule has 2 atom stereocenters. The number of esters is 1. The summed E-state index contributed by atoms with van der Waals surface area (Å²) >= 11 is 0. The second-order valence-electron chi connectivity index (χ2n) is 4.03. The standard InChI is InChI=1S/C14H17NO3/c1-3-17-10(2)18-14(16)13-9-8-11-6-4-5-7-12(11)15-13/h4-10,13,15H,3H2,1-2H3. The van der Waals surface area contributed by atoms with Crippen LogP contribution in [0.4, 0.5) is 5.69 Å². The van der Waals surface area contributed by atoms with Gasteiger partial charge in [0.05, 0.1) is 0 Å². The van der Waals surface area contributed by atoms with E-state index in [4.69, 9.17) is 9.47 Å². The van der Waals surface area contributed by atoms with Crippen molar-refractivity contribution in [2.24, 2.45) is 0 Å². The van der Waals surface area contributed by atoms with Gasteiger partial charge in [-0.05, 0) is 25.5 Å². The van der Waals surface area contributed by atoms with Crippen molar-refractivity contribution in [1.29, 1.82) is 0 Å². The number of hydrogen-bond acceptors (Lipinski definition) is 4. The average Bonchev–Trinajstić information content (AvgIpc) is 2.38. The lowest BCUT2D eigenvalue weighted by molar-refractivity contribution is -0.173. The van der Waals surface area contributed by atoms with Gasteiger partial charge in [-0.1, -0.05) is 30.4 Å². The van der Waals surface area contributed by atoms with Crippen LogP contribution in [-0.4, -0.2) is 24.9 Å². The zero-order valence-corrected chi connectivity index (χ0v) is 10.6. The Hall–Kier alpha value is -1.81. The van der Waals surface area contributed by atoms with Crippen LogP contribution in [0.15, 0.2) is 30.3 Å². The van der Waals surface area contributed by atoms with Crippen molar-refractivity contribution in [2.75, 3.05) is 11.9 Å². The van der Waals surface area contributed by atoms with Gasteiger partial charge in [0, 0.05) is 12.3 Å². The Morgan fingerprint density at radius 1 is 1.44 bits per heavy atom. The summed E-state index contributed by atoms with van der Waals surface area (Å²) < 4.78 is 10.3. The number of anilines is 1. The van der Waals surface area contributed by atoms with E-state index >= 15 is 0 Å². The lowest BCUT2D eigenvalue weighted by atomic mass is 10.1. The van der Waals surface area contributed by atoms with E-state index in [2.05, 4.69) is 5.32 Å². The molecule has 1 aliphatic rings. The molecule has 0 aliphatic carbocycles. The van der Waals surface area contributed by atoms with Crippen LogP contribution in [0.5, 0.6) is 0 Å². The number of hydrogen-bond donors (Lipinski definition) is 1. The third kappa shape index (κ3) is 2.90. The molecule has 0 amide bonds. The largest absolute Gasteiger partial charge is 0.434 e. The monoisotopic (exact) mass is 247 g/mol. The number of para-hydroxylation sites is 1. The lowest BCUT2D eigenvalue weighted by Crippen LogP contribution is -2.34. The molecular weight excluding hydrogens is 230 g/mol. The number of carbonyl (C=O) groups excluding carboxylic acids is 1. The van der Waals surface area contributed by atoms with Crippen LogP contribution in [0.25, 0.3) is 6.08 Å². The fraction of sp³-hybridized carbons (Fsp3) is 0.357. The van der Waals surface area contributed by atoms with E-state index < -0.39 is 12.3 Å². The summed E-state index contributed by atoms with van der Waals surface area (Å²) in [5, 5.41) is 3.13. The van der Waals surface area contributed by atoms with Crippen LogP contribution >= 0.6 is 0 Å². The first-order valence-electron chi connectivity index (χ1n) is 6.06. The van der Waals surface area contributed by atoms with Gasteiger partial charge in [0.1, 0.15) is 6.04 Å². The Morgan fingerprint density at radius 2 is 2.22 bits per heavy atom. The first-order chi connectivity index (χ1) is 8.70. The minimum Gasteiger partial charge on any atom is -0.434 e. The third-order valence-corrected chi connectivity index (χ3v) is 2.68. The maximum absolute atomic E-state index is 11.9. The van der Waals surface area contributed by atoms with Gasteiger partial charge in [0.25, 0.3) is 0 Å². The lowest BCUT2D eigenvalue weighted by Gasteiger charge is -2.22. The normalized spacial score (nSPS) is 18.7. The molecule has 0 bridgehead atoms. The van der Waals surface area contributed by atoms with Gasteiger partial charge < -0.3 is 14.8 Å². The highest BCUT2D eigenvalue weighted by Crippen LogP contribution is 2.22. The van der Waals surface area contributed by atoms with Gasteiger partial charge in [0.2, 0.25) is 0 Å². The maximum atomic E-state index is 11.9. The zero-order valence-electron chi connectivity index (χ0n) is 10.6. The third-order valence-electron chi connectivity index (χ3n) is 2.68. The van der Waals surface area contributed by atoms with Crippen LogP contribution in [0.2, 0.25) is 0 Å². The van der Waals surface area contributed by atoms with E-state index in [0.29, 0.717) is 6.61 Å². The fourth-order valence-corrected chi connectivity index (χ4v) is 1.83. The molecule has 0 fully saturated rings. The Balaban J connectivity index is 1.99. The van der Waals surface area contributed by atoms with Crippen LogP contribution in [0.1, 0.15) is 19.4 Å². The molecule has 4 heteroatoms.